The quantitative estimate of drug-likeness (QED) is 0.725. The monoisotopic (exact) mass is 386 g/mol. The average Bonchev–Trinajstić information content (AvgIpc) is 3.15. The summed E-state index contributed by atoms with van der Waals surface area (Å²) in [5.41, 5.74) is 3.65. The number of amides is 1. The Hall–Kier alpha value is -3.13. The minimum atomic E-state index is -0.325. The summed E-state index contributed by atoms with van der Waals surface area (Å²) >= 11 is 6.32. The molecule has 0 saturated heterocycles. The van der Waals surface area contributed by atoms with E-state index in [-0.39, 0.29) is 5.91 Å². The fourth-order valence-electron chi connectivity index (χ4n) is 2.77. The third-order valence-electron chi connectivity index (χ3n) is 4.05. The predicted molar refractivity (Wildman–Crippen MR) is 104 cm³/mol. The van der Waals surface area contributed by atoms with Crippen LogP contribution in [0.15, 0.2) is 36.7 Å². The highest BCUT2D eigenvalue weighted by Crippen LogP contribution is 2.30. The molecular weight excluding hydrogens is 368 g/mol. The molecule has 1 aromatic heterocycles. The lowest BCUT2D eigenvalue weighted by molar-refractivity contribution is 0.102. The molecule has 3 aromatic rings. The number of nitrogens with zero attached hydrogens (tertiary/aromatic N) is 5. The van der Waals surface area contributed by atoms with Gasteiger partial charge in [-0.15, -0.1) is 5.10 Å². The highest BCUT2D eigenvalue weighted by Gasteiger charge is 2.18. The summed E-state index contributed by atoms with van der Waals surface area (Å²) in [6.07, 6.45) is 1.41. The molecule has 0 unspecified atom stereocenters. The maximum atomic E-state index is 12.8. The number of methoxy groups -OCH3 is 1. The molecule has 2 aromatic carbocycles. The van der Waals surface area contributed by atoms with Gasteiger partial charge in [0.2, 0.25) is 0 Å². The molecule has 0 aliphatic carbocycles. The Labute approximate surface area is 161 Å². The Bertz CT molecular complexity index is 972. The summed E-state index contributed by atoms with van der Waals surface area (Å²) in [4.78, 5) is 14.8. The molecule has 0 atom stereocenters. The number of aromatic nitrogens is 4. The summed E-state index contributed by atoms with van der Waals surface area (Å²) in [5, 5.41) is 14.2. The van der Waals surface area contributed by atoms with Gasteiger partial charge < -0.3 is 15.0 Å². The van der Waals surface area contributed by atoms with Crippen molar-refractivity contribution < 1.29 is 9.53 Å². The van der Waals surface area contributed by atoms with Gasteiger partial charge in [0.25, 0.3) is 5.91 Å². The molecule has 140 valence electrons. The van der Waals surface area contributed by atoms with Crippen LogP contribution < -0.4 is 15.0 Å². The third kappa shape index (κ3) is 3.85. The summed E-state index contributed by atoms with van der Waals surface area (Å²) in [7, 11) is 5.43. The number of ether oxygens (including phenoxy) is 1. The number of carbonyl (C=O) groups is 1. The molecule has 0 spiro atoms. The Morgan fingerprint density at radius 3 is 2.63 bits per heavy atom. The zero-order chi connectivity index (χ0) is 19.6. The largest absolute Gasteiger partial charge is 0.496 e. The van der Waals surface area contributed by atoms with Crippen LogP contribution in [0.4, 0.5) is 11.4 Å². The van der Waals surface area contributed by atoms with Crippen molar-refractivity contribution in [3.63, 3.8) is 0 Å². The standard InChI is InChI=1S/C18H19ClN6O2/c1-11-7-12(5-6-15(11)24(2)3)21-18(26)13-8-14(19)16(9-17(13)27-4)25-10-20-22-23-25/h5-10H,1-4H3,(H,21,26). The minimum absolute atomic E-state index is 0.314. The van der Waals surface area contributed by atoms with Crippen LogP contribution in [0.5, 0.6) is 5.75 Å². The van der Waals surface area contributed by atoms with Crippen molar-refractivity contribution in [2.45, 2.75) is 6.92 Å². The van der Waals surface area contributed by atoms with Gasteiger partial charge in [-0.1, -0.05) is 11.6 Å². The van der Waals surface area contributed by atoms with E-state index >= 15 is 0 Å². The second kappa shape index (κ2) is 7.63. The van der Waals surface area contributed by atoms with Gasteiger partial charge in [0.05, 0.1) is 23.4 Å². The number of tetrazole rings is 1. The number of anilines is 2. The van der Waals surface area contributed by atoms with Crippen molar-refractivity contribution in [1.82, 2.24) is 20.2 Å². The summed E-state index contributed by atoms with van der Waals surface area (Å²) in [6.45, 7) is 1.99. The zero-order valence-electron chi connectivity index (χ0n) is 15.4. The number of aryl methyl sites for hydroxylation is 1. The molecule has 0 fully saturated rings. The van der Waals surface area contributed by atoms with Gasteiger partial charge >= 0.3 is 0 Å². The van der Waals surface area contributed by atoms with Crippen molar-refractivity contribution >= 4 is 28.9 Å². The van der Waals surface area contributed by atoms with Crippen LogP contribution in [0.3, 0.4) is 0 Å². The van der Waals surface area contributed by atoms with Crippen LogP contribution >= 0.6 is 11.6 Å². The van der Waals surface area contributed by atoms with E-state index in [9.17, 15) is 4.79 Å². The number of benzene rings is 2. The van der Waals surface area contributed by atoms with E-state index in [0.29, 0.717) is 27.7 Å². The first-order chi connectivity index (χ1) is 12.9. The number of nitrogens with one attached hydrogen (secondary N) is 1. The van der Waals surface area contributed by atoms with Crippen LogP contribution in [-0.2, 0) is 0 Å². The van der Waals surface area contributed by atoms with Crippen LogP contribution in [-0.4, -0.2) is 47.3 Å². The van der Waals surface area contributed by atoms with Crippen LogP contribution in [0.1, 0.15) is 15.9 Å². The van der Waals surface area contributed by atoms with Crippen LogP contribution in [0.2, 0.25) is 5.02 Å². The average molecular weight is 387 g/mol. The number of rotatable bonds is 5. The Balaban J connectivity index is 1.90. The lowest BCUT2D eigenvalue weighted by Gasteiger charge is -2.17. The first kappa shape index (κ1) is 18.7. The molecule has 9 heteroatoms. The summed E-state index contributed by atoms with van der Waals surface area (Å²) in [5.74, 6) is 0.0399. The van der Waals surface area contributed by atoms with Crippen LogP contribution in [0, 0.1) is 6.92 Å². The van der Waals surface area contributed by atoms with Gasteiger partial charge in [-0.05, 0) is 47.2 Å². The minimum Gasteiger partial charge on any atom is -0.496 e. The van der Waals surface area contributed by atoms with E-state index in [1.165, 1.54) is 24.2 Å². The molecule has 1 heterocycles. The van der Waals surface area contributed by atoms with Crippen molar-refractivity contribution in [3.05, 3.63) is 52.8 Å². The molecule has 0 radical (unpaired) electrons. The number of halogens is 1. The van der Waals surface area contributed by atoms with Crippen molar-refractivity contribution in [1.29, 1.82) is 0 Å². The van der Waals surface area contributed by atoms with Crippen molar-refractivity contribution in [3.8, 4) is 11.4 Å². The fourth-order valence-corrected chi connectivity index (χ4v) is 3.02. The van der Waals surface area contributed by atoms with E-state index in [1.807, 2.05) is 44.1 Å². The third-order valence-corrected chi connectivity index (χ3v) is 4.35. The smallest absolute Gasteiger partial charge is 0.259 e. The van der Waals surface area contributed by atoms with Crippen LogP contribution in [0.25, 0.3) is 5.69 Å². The van der Waals surface area contributed by atoms with Gasteiger partial charge in [0.1, 0.15) is 12.1 Å². The molecule has 0 aliphatic heterocycles. The maximum absolute atomic E-state index is 12.8. The SMILES string of the molecule is COc1cc(-n2cnnn2)c(Cl)cc1C(=O)Nc1ccc(N(C)C)c(C)c1. The predicted octanol–water partition coefficient (Wildman–Crippen LogP) is 2.95. The second-order valence-corrected chi connectivity index (χ2v) is 6.52. The molecule has 0 saturated carbocycles. The molecular formula is C18H19ClN6O2. The highest BCUT2D eigenvalue weighted by molar-refractivity contribution is 6.33. The van der Waals surface area contributed by atoms with Gasteiger partial charge in [-0.3, -0.25) is 4.79 Å². The lowest BCUT2D eigenvalue weighted by atomic mass is 10.1. The van der Waals surface area contributed by atoms with Gasteiger partial charge in [0.15, 0.2) is 0 Å². The van der Waals surface area contributed by atoms with E-state index < -0.39 is 0 Å². The molecule has 1 N–H and O–H groups in total. The Morgan fingerprint density at radius 2 is 2.04 bits per heavy atom. The van der Waals surface area contributed by atoms with Gasteiger partial charge in [-0.2, -0.15) is 4.68 Å². The number of hydrogen-bond acceptors (Lipinski definition) is 6. The second-order valence-electron chi connectivity index (χ2n) is 6.11. The van der Waals surface area contributed by atoms with E-state index in [1.54, 1.807) is 6.07 Å². The van der Waals surface area contributed by atoms with Gasteiger partial charge in [-0.25, -0.2) is 0 Å². The van der Waals surface area contributed by atoms with Crippen molar-refractivity contribution in [2.24, 2.45) is 0 Å². The first-order valence-corrected chi connectivity index (χ1v) is 8.48. The highest BCUT2D eigenvalue weighted by atomic mass is 35.5. The normalized spacial score (nSPS) is 10.6. The number of hydrogen-bond donors (Lipinski definition) is 1. The molecule has 27 heavy (non-hydrogen) atoms. The Kier molecular flexibility index (Phi) is 5.27. The number of carbonyl (C=O) groups excluding carboxylic acids is 1. The maximum Gasteiger partial charge on any atom is 0.259 e. The lowest BCUT2D eigenvalue weighted by Crippen LogP contribution is -2.15. The molecule has 0 aliphatic rings. The topological polar surface area (TPSA) is 85.2 Å². The summed E-state index contributed by atoms with van der Waals surface area (Å²) in [6, 6.07) is 8.87. The van der Waals surface area contributed by atoms with E-state index in [0.717, 1.165) is 11.3 Å². The van der Waals surface area contributed by atoms with Crippen molar-refractivity contribution in [2.75, 3.05) is 31.4 Å². The van der Waals surface area contributed by atoms with E-state index in [2.05, 4.69) is 20.8 Å². The summed E-state index contributed by atoms with van der Waals surface area (Å²) < 4.78 is 6.76. The molecule has 3 rings (SSSR count). The Morgan fingerprint density at radius 1 is 1.26 bits per heavy atom. The molecule has 0 bridgehead atoms. The molecule has 1 amide bonds. The fraction of sp³-hybridized carbons (Fsp3) is 0.222. The zero-order valence-corrected chi connectivity index (χ0v) is 16.2. The molecule has 8 nitrogen and oxygen atoms in total. The first-order valence-electron chi connectivity index (χ1n) is 8.11. The van der Waals surface area contributed by atoms with E-state index in [4.69, 9.17) is 16.3 Å². The van der Waals surface area contributed by atoms with Gasteiger partial charge in [0, 0.05) is 31.5 Å².